The molecular weight excluding hydrogens is 1040 g/mol. The Bertz CT molecular complexity index is 4240. The first-order valence-corrected chi connectivity index (χ1v) is 36.4. The van der Waals surface area contributed by atoms with Crippen molar-refractivity contribution in [3.63, 3.8) is 0 Å². The van der Waals surface area contributed by atoms with Crippen LogP contribution in [0.3, 0.4) is 0 Å². The zero-order chi connectivity index (χ0) is 56.5. The fourth-order valence-electron chi connectivity index (χ4n) is 14.4. The van der Waals surface area contributed by atoms with Crippen LogP contribution in [0.1, 0.15) is 105 Å². The molecule has 8 nitrogen and oxygen atoms in total. The van der Waals surface area contributed by atoms with Crippen LogP contribution in [-0.4, -0.2) is 39.9 Å². The molecule has 0 aliphatic carbocycles. The summed E-state index contributed by atoms with van der Waals surface area (Å²) in [5.74, 6) is 2.27. The number of nitrogens with zero attached hydrogens (tertiary/aromatic N) is 6. The van der Waals surface area contributed by atoms with Gasteiger partial charge in [0, 0.05) is 0 Å². The van der Waals surface area contributed by atoms with Crippen LogP contribution in [0.2, 0.25) is 0 Å². The van der Waals surface area contributed by atoms with Crippen molar-refractivity contribution in [3.05, 3.63) is 210 Å². The molecule has 13 rings (SSSR count). The van der Waals surface area contributed by atoms with Crippen LogP contribution < -0.4 is 20.8 Å². The van der Waals surface area contributed by atoms with Gasteiger partial charge in [0.15, 0.2) is 0 Å². The van der Waals surface area contributed by atoms with E-state index in [1.165, 1.54) is 43.0 Å². The number of H-pyrrole nitrogens is 2. The number of aromatic nitrogens is 8. The van der Waals surface area contributed by atoms with Crippen molar-refractivity contribution in [2.45, 2.75) is 105 Å². The number of nitrogens with one attached hydrogen (secondary N) is 2. The number of benzene rings is 8. The Balaban J connectivity index is 1.23. The standard InChI is InChI=1S/C32H17N8.4C10H13.Zn/c1-2-10-18-17(9-1)25-33-26(18)38-28-21-13-5-6-14-22(21)30(35-28)40-32-24-16-8-7-15-23(24)31(36-32)39-29-20-12-4-3-11-19(20)27(34-29)37-25;4*1-10(2,3)9-7-5-4-6-8-9;/h1-7,9-16H,(H2,33,34,35,36,37,38,39,40);4*5-8H,1-3H3;. The molecule has 0 saturated carbocycles. The molecule has 11 aromatic rings. The van der Waals surface area contributed by atoms with Crippen LogP contribution in [-0.2, 0) is 35.3 Å². The van der Waals surface area contributed by atoms with Gasteiger partial charge in [-0.25, -0.2) is 0 Å². The van der Waals surface area contributed by atoms with Crippen LogP contribution in [0.15, 0.2) is 188 Å². The molecule has 3 aromatic heterocycles. The third kappa shape index (κ3) is 8.24. The Kier molecular flexibility index (Phi) is 11.8. The first-order chi connectivity index (χ1) is 38.6. The Morgan fingerprint density at radius 2 is 0.506 bits per heavy atom. The summed E-state index contributed by atoms with van der Waals surface area (Å²) in [7, 11) is 0. The molecule has 9 heteroatoms. The average Bonchev–Trinajstić information content (AvgIpc) is 3.32. The first-order valence-electron chi connectivity index (χ1n) is 29.0. The second-order valence-corrected chi connectivity index (χ2v) is 43.7. The van der Waals surface area contributed by atoms with E-state index in [0.717, 1.165) is 43.8 Å². The van der Waals surface area contributed by atoms with Gasteiger partial charge in [0.05, 0.1) is 0 Å². The average molecular weight is 1110 g/mol. The summed E-state index contributed by atoms with van der Waals surface area (Å²) in [6, 6.07) is 70.9. The number of hydrogen-bond donors (Lipinski definition) is 2. The van der Waals surface area contributed by atoms with Crippen LogP contribution >= 0.6 is 0 Å². The molecule has 0 fully saturated rings. The molecule has 8 aromatic carbocycles. The molecule has 8 bridgehead atoms. The van der Waals surface area contributed by atoms with Crippen LogP contribution in [0.4, 0.5) is 0 Å². The Morgan fingerprint density at radius 1 is 0.259 bits per heavy atom. The van der Waals surface area contributed by atoms with E-state index < -0.39 is 13.6 Å². The van der Waals surface area contributed by atoms with E-state index in [1.807, 2.05) is 36.4 Å². The normalized spacial score (nSPS) is 13.1. The van der Waals surface area contributed by atoms with Gasteiger partial charge in [0.25, 0.3) is 0 Å². The molecule has 0 saturated heterocycles. The SMILES string of the molecule is CC(C)(C)c1cc[c]([Zn]([c]2ccc(C(C)(C)C)cc2)([c]2ccc(C(C)(C)C)cc2)([c]2ccc(C(C)(C)C)cc2)[c]2ccc3c4nc5nc(nc6[nH]c(nc7nc(nc([nH]4)c3c2)-c2ccccc2-7)c2ccccc62)-c2ccccc2-5)cc1. The van der Waals surface area contributed by atoms with Crippen molar-refractivity contribution in [1.29, 1.82) is 0 Å². The molecule has 0 spiro atoms. The molecular formula is C72H69N8Zn. The van der Waals surface area contributed by atoms with E-state index in [1.54, 1.807) is 0 Å². The van der Waals surface area contributed by atoms with Crippen LogP contribution in [0.25, 0.3) is 89.7 Å². The molecule has 0 atom stereocenters. The topological polar surface area (TPSA) is 109 Å². The first kappa shape index (κ1) is 52.1. The molecule has 5 heterocycles. The molecule has 0 amide bonds. The van der Waals surface area contributed by atoms with Crippen LogP contribution in [0.5, 0.6) is 0 Å². The summed E-state index contributed by atoms with van der Waals surface area (Å²) >= 11 is -5.91. The van der Waals surface area contributed by atoms with Crippen molar-refractivity contribution < 1.29 is 13.6 Å². The van der Waals surface area contributed by atoms with Gasteiger partial charge in [-0.1, -0.05) is 18.2 Å². The predicted octanol–water partition coefficient (Wildman–Crippen LogP) is 14.7. The van der Waals surface area contributed by atoms with E-state index in [9.17, 15) is 0 Å². The third-order valence-corrected chi connectivity index (χ3v) is 41.0. The zero-order valence-electron chi connectivity index (χ0n) is 48.8. The predicted molar refractivity (Wildman–Crippen MR) is 335 cm³/mol. The van der Waals surface area contributed by atoms with Crippen molar-refractivity contribution >= 4 is 64.9 Å². The van der Waals surface area contributed by atoms with Gasteiger partial charge < -0.3 is 0 Å². The van der Waals surface area contributed by atoms with Crippen molar-refractivity contribution in [1.82, 2.24) is 39.9 Å². The molecule has 0 unspecified atom stereocenters. The van der Waals surface area contributed by atoms with E-state index in [2.05, 4.69) is 245 Å². The van der Waals surface area contributed by atoms with Gasteiger partial charge in [-0.2, -0.15) is 0 Å². The summed E-state index contributed by atoms with van der Waals surface area (Å²) < 4.78 is 6.57. The van der Waals surface area contributed by atoms with Crippen LogP contribution in [0, 0.1) is 0 Å². The number of aromatic amines is 2. The summed E-state index contributed by atoms with van der Waals surface area (Å²) in [5, 5.41) is 3.72. The minimum absolute atomic E-state index is 0.0687. The third-order valence-electron chi connectivity index (χ3n) is 19.0. The Hall–Kier alpha value is -8.26. The summed E-state index contributed by atoms with van der Waals surface area (Å²) in [4.78, 5) is 39.6. The molecule has 0 radical (unpaired) electrons. The molecule has 81 heavy (non-hydrogen) atoms. The molecule has 2 aliphatic heterocycles. The Labute approximate surface area is 476 Å². The van der Waals surface area contributed by atoms with Crippen molar-refractivity contribution in [3.8, 4) is 45.6 Å². The number of fused-ring (bicyclic) bond motifs is 20. The maximum absolute atomic E-state index is 5.91. The van der Waals surface area contributed by atoms with E-state index in [4.69, 9.17) is 29.9 Å². The van der Waals surface area contributed by atoms with E-state index in [-0.39, 0.29) is 21.7 Å². The fraction of sp³-hybridized carbons (Fsp3) is 0.222. The van der Waals surface area contributed by atoms with Gasteiger partial charge in [-0.3, -0.25) is 0 Å². The summed E-state index contributed by atoms with van der Waals surface area (Å²) in [5.41, 5.74) is 11.1. The quantitative estimate of drug-likeness (QED) is 0.166. The summed E-state index contributed by atoms with van der Waals surface area (Å²) in [6.45, 7) is 27.7. The molecule has 2 aliphatic rings. The second kappa shape index (κ2) is 18.4. The van der Waals surface area contributed by atoms with E-state index in [0.29, 0.717) is 45.9 Å². The van der Waals surface area contributed by atoms with Crippen molar-refractivity contribution in [2.24, 2.45) is 0 Å². The zero-order valence-corrected chi connectivity index (χ0v) is 51.8. The number of hydrogen-bond acceptors (Lipinski definition) is 6. The van der Waals surface area contributed by atoms with Gasteiger partial charge in [0.2, 0.25) is 0 Å². The Morgan fingerprint density at radius 3 is 0.790 bits per heavy atom. The van der Waals surface area contributed by atoms with E-state index >= 15 is 0 Å². The monoisotopic (exact) mass is 1110 g/mol. The molecule has 399 valence electrons. The fourth-order valence-corrected chi connectivity index (χ4v) is 36.7. The van der Waals surface area contributed by atoms with Crippen molar-refractivity contribution in [2.75, 3.05) is 0 Å². The van der Waals surface area contributed by atoms with Gasteiger partial charge >= 0.3 is 461 Å². The molecule has 2 N–H and O–H groups in total. The second-order valence-electron chi connectivity index (χ2n) is 27.7. The van der Waals surface area contributed by atoms with Gasteiger partial charge in [-0.05, 0) is 0 Å². The van der Waals surface area contributed by atoms with Gasteiger partial charge in [0.1, 0.15) is 0 Å². The minimum atomic E-state index is -5.91. The number of rotatable bonds is 5. The maximum atomic E-state index is 5.63. The van der Waals surface area contributed by atoms with Gasteiger partial charge in [-0.15, -0.1) is 0 Å². The summed E-state index contributed by atoms with van der Waals surface area (Å²) in [6.07, 6.45) is 0.